The zero-order valence-corrected chi connectivity index (χ0v) is 18.3. The van der Waals surface area contributed by atoms with Crippen LogP contribution in [0.4, 0.5) is 5.69 Å². The van der Waals surface area contributed by atoms with Crippen molar-refractivity contribution in [3.8, 4) is 11.8 Å². The fraction of sp³-hybridized carbons (Fsp3) is 0. The highest BCUT2D eigenvalue weighted by atomic mass is 127. The van der Waals surface area contributed by atoms with Gasteiger partial charge in [0.05, 0.1) is 5.56 Å². The number of hydrogen-bond acceptors (Lipinski definition) is 4. The van der Waals surface area contributed by atoms with Gasteiger partial charge in [-0.2, -0.15) is 5.26 Å². The number of halogens is 2. The van der Waals surface area contributed by atoms with Crippen LogP contribution in [-0.2, 0) is 4.79 Å². The Morgan fingerprint density at radius 3 is 2.33 bits per heavy atom. The third-order valence-electron chi connectivity index (χ3n) is 3.97. The van der Waals surface area contributed by atoms with Crippen LogP contribution in [0, 0.1) is 14.9 Å². The van der Waals surface area contributed by atoms with Crippen LogP contribution in [0.5, 0.6) is 5.75 Å². The van der Waals surface area contributed by atoms with Crippen LogP contribution in [-0.4, -0.2) is 11.9 Å². The molecule has 1 N–H and O–H groups in total. The van der Waals surface area contributed by atoms with E-state index in [1.54, 1.807) is 60.7 Å². The molecular formula is C23H14ClIN2O3. The van der Waals surface area contributed by atoms with Crippen molar-refractivity contribution in [2.45, 2.75) is 0 Å². The molecule has 30 heavy (non-hydrogen) atoms. The SMILES string of the molecule is N#C/C(=C\c1ccccc1OC(=O)c1ccc(Cl)cc1)C(=O)Nc1ccc(I)cc1. The van der Waals surface area contributed by atoms with E-state index in [9.17, 15) is 14.9 Å². The van der Waals surface area contributed by atoms with Crippen molar-refractivity contribution >= 4 is 57.8 Å². The minimum absolute atomic E-state index is 0.122. The largest absolute Gasteiger partial charge is 0.422 e. The number of nitrogens with zero attached hydrogens (tertiary/aromatic N) is 1. The second kappa shape index (κ2) is 10.1. The van der Waals surface area contributed by atoms with E-state index in [1.807, 2.05) is 18.2 Å². The van der Waals surface area contributed by atoms with Crippen LogP contribution in [0.1, 0.15) is 15.9 Å². The summed E-state index contributed by atoms with van der Waals surface area (Å²) in [5.41, 5.74) is 1.21. The van der Waals surface area contributed by atoms with Gasteiger partial charge in [-0.3, -0.25) is 4.79 Å². The molecule has 0 aromatic heterocycles. The summed E-state index contributed by atoms with van der Waals surface area (Å²) in [5, 5.41) is 12.6. The van der Waals surface area contributed by atoms with Gasteiger partial charge >= 0.3 is 5.97 Å². The molecule has 3 aromatic carbocycles. The van der Waals surface area contributed by atoms with Gasteiger partial charge in [-0.05, 0) is 83.3 Å². The summed E-state index contributed by atoms with van der Waals surface area (Å²) in [6, 6.07) is 22.0. The van der Waals surface area contributed by atoms with Crippen molar-refractivity contribution in [3.63, 3.8) is 0 Å². The Balaban J connectivity index is 1.82. The lowest BCUT2D eigenvalue weighted by atomic mass is 10.1. The van der Waals surface area contributed by atoms with Crippen molar-refractivity contribution in [1.82, 2.24) is 0 Å². The first-order valence-electron chi connectivity index (χ1n) is 8.72. The maximum Gasteiger partial charge on any atom is 0.343 e. The number of amides is 1. The number of hydrogen-bond donors (Lipinski definition) is 1. The molecule has 0 saturated carbocycles. The first-order chi connectivity index (χ1) is 14.5. The van der Waals surface area contributed by atoms with E-state index in [0.29, 0.717) is 21.8 Å². The Bertz CT molecular complexity index is 1150. The summed E-state index contributed by atoms with van der Waals surface area (Å²) < 4.78 is 6.49. The predicted octanol–water partition coefficient (Wildman–Crippen LogP) is 5.71. The number of esters is 1. The zero-order chi connectivity index (χ0) is 21.5. The van der Waals surface area contributed by atoms with Crippen LogP contribution in [0.15, 0.2) is 78.4 Å². The monoisotopic (exact) mass is 528 g/mol. The van der Waals surface area contributed by atoms with E-state index in [-0.39, 0.29) is 11.3 Å². The lowest BCUT2D eigenvalue weighted by Gasteiger charge is -2.09. The van der Waals surface area contributed by atoms with Gasteiger partial charge < -0.3 is 10.1 Å². The topological polar surface area (TPSA) is 79.2 Å². The average molecular weight is 529 g/mol. The lowest BCUT2D eigenvalue weighted by molar-refractivity contribution is -0.112. The highest BCUT2D eigenvalue weighted by molar-refractivity contribution is 14.1. The van der Waals surface area contributed by atoms with Gasteiger partial charge in [0.15, 0.2) is 0 Å². The smallest absolute Gasteiger partial charge is 0.343 e. The number of nitriles is 1. The minimum Gasteiger partial charge on any atom is -0.422 e. The van der Waals surface area contributed by atoms with Gasteiger partial charge in [-0.15, -0.1) is 0 Å². The van der Waals surface area contributed by atoms with Crippen molar-refractivity contribution < 1.29 is 14.3 Å². The molecule has 0 unspecified atom stereocenters. The van der Waals surface area contributed by atoms with Gasteiger partial charge in [-0.1, -0.05) is 29.8 Å². The van der Waals surface area contributed by atoms with Crippen LogP contribution in [0.2, 0.25) is 5.02 Å². The van der Waals surface area contributed by atoms with Crippen LogP contribution in [0.25, 0.3) is 6.08 Å². The number of carbonyl (C=O) groups is 2. The van der Waals surface area contributed by atoms with Crippen molar-refractivity contribution in [1.29, 1.82) is 5.26 Å². The molecule has 3 rings (SSSR count). The second-order valence-corrected chi connectivity index (χ2v) is 7.75. The summed E-state index contributed by atoms with van der Waals surface area (Å²) in [7, 11) is 0. The molecule has 0 aliphatic heterocycles. The molecule has 0 saturated heterocycles. The summed E-state index contributed by atoms with van der Waals surface area (Å²) in [6.07, 6.45) is 1.38. The number of para-hydroxylation sites is 1. The number of ether oxygens (including phenoxy) is 1. The van der Waals surface area contributed by atoms with Gasteiger partial charge in [0, 0.05) is 19.8 Å². The maximum absolute atomic E-state index is 12.5. The Morgan fingerprint density at radius 2 is 1.67 bits per heavy atom. The number of benzene rings is 3. The quantitative estimate of drug-likeness (QED) is 0.151. The molecule has 0 aliphatic rings. The number of anilines is 1. The normalized spacial score (nSPS) is 10.8. The first kappa shape index (κ1) is 21.6. The van der Waals surface area contributed by atoms with Crippen LogP contribution in [0.3, 0.4) is 0 Å². The van der Waals surface area contributed by atoms with Gasteiger partial charge in [0.25, 0.3) is 5.91 Å². The molecule has 148 valence electrons. The molecule has 0 bridgehead atoms. The van der Waals surface area contributed by atoms with Gasteiger partial charge in [0.2, 0.25) is 0 Å². The number of carbonyl (C=O) groups excluding carboxylic acids is 2. The molecule has 0 radical (unpaired) electrons. The van der Waals surface area contributed by atoms with Crippen molar-refractivity contribution in [2.75, 3.05) is 5.32 Å². The molecule has 0 atom stereocenters. The third kappa shape index (κ3) is 5.69. The van der Waals surface area contributed by atoms with E-state index < -0.39 is 11.9 Å². The maximum atomic E-state index is 12.5. The second-order valence-electron chi connectivity index (χ2n) is 6.07. The van der Waals surface area contributed by atoms with E-state index in [4.69, 9.17) is 16.3 Å². The molecule has 0 aliphatic carbocycles. The standard InChI is InChI=1S/C23H14ClIN2O3/c24-18-7-5-15(6-8-18)23(29)30-21-4-2-1-3-16(21)13-17(14-26)22(28)27-20-11-9-19(25)10-12-20/h1-13H,(H,27,28)/b17-13+. The third-order valence-corrected chi connectivity index (χ3v) is 4.94. The van der Waals surface area contributed by atoms with E-state index in [2.05, 4.69) is 27.9 Å². The summed E-state index contributed by atoms with van der Waals surface area (Å²) in [6.45, 7) is 0. The summed E-state index contributed by atoms with van der Waals surface area (Å²) in [5.74, 6) is -0.904. The van der Waals surface area contributed by atoms with Crippen LogP contribution >= 0.6 is 34.2 Å². The Morgan fingerprint density at radius 1 is 1.00 bits per heavy atom. The highest BCUT2D eigenvalue weighted by Crippen LogP contribution is 2.23. The van der Waals surface area contributed by atoms with Crippen molar-refractivity contribution in [3.05, 3.63) is 98.1 Å². The molecule has 0 heterocycles. The summed E-state index contributed by atoms with van der Waals surface area (Å²) >= 11 is 8.00. The fourth-order valence-corrected chi connectivity index (χ4v) is 2.96. The van der Waals surface area contributed by atoms with E-state index in [1.165, 1.54) is 6.08 Å². The Labute approximate surface area is 192 Å². The van der Waals surface area contributed by atoms with Gasteiger partial charge in [0.1, 0.15) is 17.4 Å². The highest BCUT2D eigenvalue weighted by Gasteiger charge is 2.14. The summed E-state index contributed by atoms with van der Waals surface area (Å²) in [4.78, 5) is 24.9. The van der Waals surface area contributed by atoms with Crippen molar-refractivity contribution in [2.24, 2.45) is 0 Å². The lowest BCUT2D eigenvalue weighted by Crippen LogP contribution is -2.13. The first-order valence-corrected chi connectivity index (χ1v) is 10.2. The van der Waals surface area contributed by atoms with E-state index >= 15 is 0 Å². The molecule has 0 spiro atoms. The molecule has 5 nitrogen and oxygen atoms in total. The fourth-order valence-electron chi connectivity index (χ4n) is 2.47. The number of nitrogens with one attached hydrogen (secondary N) is 1. The van der Waals surface area contributed by atoms with Crippen LogP contribution < -0.4 is 10.1 Å². The molecule has 1 amide bonds. The average Bonchev–Trinajstić information content (AvgIpc) is 2.75. The predicted molar refractivity (Wildman–Crippen MR) is 124 cm³/mol. The Hall–Kier alpha value is -3.15. The molecule has 7 heteroatoms. The van der Waals surface area contributed by atoms with E-state index in [0.717, 1.165) is 3.57 Å². The minimum atomic E-state index is -0.575. The Kier molecular flexibility index (Phi) is 7.22. The molecule has 3 aromatic rings. The zero-order valence-electron chi connectivity index (χ0n) is 15.4. The number of rotatable bonds is 5. The molecular weight excluding hydrogens is 515 g/mol. The van der Waals surface area contributed by atoms with Gasteiger partial charge in [-0.25, -0.2) is 4.79 Å². The molecule has 0 fully saturated rings.